The molecule has 4 nitrogen and oxygen atoms in total. The van der Waals surface area contributed by atoms with Crippen molar-refractivity contribution in [1.29, 1.82) is 0 Å². The Bertz CT molecular complexity index is 210. The first kappa shape index (κ1) is 9.93. The minimum absolute atomic E-state index is 0.107. The summed E-state index contributed by atoms with van der Waals surface area (Å²) < 4.78 is 5.29. The Hall–Kier alpha value is -0.610. The molecule has 0 bridgehead atoms. The quantitative estimate of drug-likeness (QED) is 0.693. The third-order valence-corrected chi connectivity index (χ3v) is 2.83. The zero-order valence-electron chi connectivity index (χ0n) is 8.66. The second-order valence-electron chi connectivity index (χ2n) is 3.94. The predicted molar refractivity (Wildman–Crippen MR) is 53.0 cm³/mol. The van der Waals surface area contributed by atoms with Gasteiger partial charge in [-0.1, -0.05) is 0 Å². The molecule has 0 spiro atoms. The molecule has 0 aromatic carbocycles. The van der Waals surface area contributed by atoms with E-state index in [2.05, 4.69) is 5.32 Å². The van der Waals surface area contributed by atoms with Gasteiger partial charge in [-0.25, -0.2) is 0 Å². The fraction of sp³-hybridized carbons (Fsp3) is 0.900. The highest BCUT2D eigenvalue weighted by molar-refractivity contribution is 5.82. The van der Waals surface area contributed by atoms with Crippen molar-refractivity contribution in [3.05, 3.63) is 0 Å². The SMILES string of the molecule is CCN(C(=O)C1COCCN1)C1CC1. The van der Waals surface area contributed by atoms with Crippen LogP contribution in [0.2, 0.25) is 0 Å². The minimum Gasteiger partial charge on any atom is -0.378 e. The number of likely N-dealkylation sites (N-methyl/N-ethyl adjacent to an activating group) is 1. The van der Waals surface area contributed by atoms with Gasteiger partial charge >= 0.3 is 0 Å². The molecule has 2 rings (SSSR count). The molecule has 1 heterocycles. The maximum atomic E-state index is 12.0. The van der Waals surface area contributed by atoms with Crippen molar-refractivity contribution in [2.75, 3.05) is 26.3 Å². The molecule has 2 aliphatic rings. The first-order chi connectivity index (χ1) is 6.83. The number of ether oxygens (including phenoxy) is 1. The van der Waals surface area contributed by atoms with Gasteiger partial charge in [0.25, 0.3) is 0 Å². The van der Waals surface area contributed by atoms with Crippen LogP contribution in [0.15, 0.2) is 0 Å². The van der Waals surface area contributed by atoms with Crippen LogP contribution in [0, 0.1) is 0 Å². The summed E-state index contributed by atoms with van der Waals surface area (Å²) in [5, 5.41) is 3.20. The van der Waals surface area contributed by atoms with Gasteiger partial charge in [-0.05, 0) is 19.8 Å². The molecular formula is C10H18N2O2. The van der Waals surface area contributed by atoms with Crippen LogP contribution >= 0.6 is 0 Å². The molecule has 0 aromatic heterocycles. The molecule has 1 saturated heterocycles. The number of carbonyl (C=O) groups excluding carboxylic acids is 1. The topological polar surface area (TPSA) is 41.6 Å². The van der Waals surface area contributed by atoms with Crippen molar-refractivity contribution in [3.63, 3.8) is 0 Å². The number of nitrogens with zero attached hydrogens (tertiary/aromatic N) is 1. The second-order valence-corrected chi connectivity index (χ2v) is 3.94. The van der Waals surface area contributed by atoms with Crippen LogP contribution in [0.25, 0.3) is 0 Å². The summed E-state index contributed by atoms with van der Waals surface area (Å²) in [5.74, 6) is 0.217. The highest BCUT2D eigenvalue weighted by Gasteiger charge is 2.35. The molecule has 1 unspecified atom stereocenters. The lowest BCUT2D eigenvalue weighted by Crippen LogP contribution is -2.53. The molecule has 14 heavy (non-hydrogen) atoms. The summed E-state index contributed by atoms with van der Waals surface area (Å²) in [5.41, 5.74) is 0. The van der Waals surface area contributed by atoms with Gasteiger partial charge in [-0.15, -0.1) is 0 Å². The Labute approximate surface area is 84.6 Å². The van der Waals surface area contributed by atoms with Crippen LogP contribution in [-0.2, 0) is 9.53 Å². The maximum absolute atomic E-state index is 12.0. The van der Waals surface area contributed by atoms with Crippen LogP contribution in [0.5, 0.6) is 0 Å². The molecule has 1 N–H and O–H groups in total. The third kappa shape index (κ3) is 2.07. The molecule has 1 amide bonds. The molecule has 1 atom stereocenters. The van der Waals surface area contributed by atoms with E-state index in [1.54, 1.807) is 0 Å². The lowest BCUT2D eigenvalue weighted by atomic mass is 10.2. The number of amides is 1. The van der Waals surface area contributed by atoms with Crippen LogP contribution in [0.3, 0.4) is 0 Å². The average Bonchev–Trinajstić information content (AvgIpc) is 3.04. The molecule has 0 aromatic rings. The summed E-state index contributed by atoms with van der Waals surface area (Å²) >= 11 is 0. The highest BCUT2D eigenvalue weighted by atomic mass is 16.5. The van der Waals surface area contributed by atoms with Crippen molar-refractivity contribution < 1.29 is 9.53 Å². The van der Waals surface area contributed by atoms with Crippen molar-refractivity contribution in [2.45, 2.75) is 31.8 Å². The lowest BCUT2D eigenvalue weighted by Gasteiger charge is -2.29. The fourth-order valence-electron chi connectivity index (χ4n) is 1.90. The molecule has 80 valence electrons. The zero-order chi connectivity index (χ0) is 9.97. The Morgan fingerprint density at radius 3 is 2.86 bits per heavy atom. The van der Waals surface area contributed by atoms with Gasteiger partial charge in [0.2, 0.25) is 5.91 Å². The van der Waals surface area contributed by atoms with Gasteiger partial charge in [-0.2, -0.15) is 0 Å². The summed E-state index contributed by atoms with van der Waals surface area (Å²) in [4.78, 5) is 14.0. The van der Waals surface area contributed by atoms with Gasteiger partial charge in [0.05, 0.1) is 13.2 Å². The maximum Gasteiger partial charge on any atom is 0.242 e. The average molecular weight is 198 g/mol. The number of nitrogens with one attached hydrogen (secondary N) is 1. The Balaban J connectivity index is 1.90. The van der Waals surface area contributed by atoms with Gasteiger partial charge < -0.3 is 15.0 Å². The van der Waals surface area contributed by atoms with E-state index in [-0.39, 0.29) is 11.9 Å². The minimum atomic E-state index is -0.107. The predicted octanol–water partition coefficient (Wildman–Crippen LogP) is -0.0143. The number of hydrogen-bond donors (Lipinski definition) is 1. The summed E-state index contributed by atoms with van der Waals surface area (Å²) in [6.45, 7) is 4.90. The lowest BCUT2D eigenvalue weighted by molar-refractivity contribution is -0.136. The van der Waals surface area contributed by atoms with Gasteiger partial charge in [0.15, 0.2) is 0 Å². The second kappa shape index (κ2) is 4.28. The Kier molecular flexibility index (Phi) is 3.03. The standard InChI is InChI=1S/C10H18N2O2/c1-2-12(8-3-4-8)10(13)9-7-14-6-5-11-9/h8-9,11H,2-7H2,1H3. The Morgan fingerprint density at radius 1 is 1.57 bits per heavy atom. The number of morpholine rings is 1. The highest BCUT2D eigenvalue weighted by Crippen LogP contribution is 2.27. The van der Waals surface area contributed by atoms with E-state index in [4.69, 9.17) is 4.74 Å². The largest absolute Gasteiger partial charge is 0.378 e. The molecule has 4 heteroatoms. The fourth-order valence-corrected chi connectivity index (χ4v) is 1.90. The van der Waals surface area contributed by atoms with Gasteiger partial charge in [0, 0.05) is 19.1 Å². The van der Waals surface area contributed by atoms with E-state index in [1.807, 2.05) is 11.8 Å². The van der Waals surface area contributed by atoms with E-state index >= 15 is 0 Å². The third-order valence-electron chi connectivity index (χ3n) is 2.83. The van der Waals surface area contributed by atoms with Crippen LogP contribution in [0.4, 0.5) is 0 Å². The van der Waals surface area contributed by atoms with Crippen LogP contribution in [0.1, 0.15) is 19.8 Å². The van der Waals surface area contributed by atoms with Crippen molar-refractivity contribution >= 4 is 5.91 Å². The van der Waals surface area contributed by atoms with E-state index < -0.39 is 0 Å². The van der Waals surface area contributed by atoms with Crippen molar-refractivity contribution in [2.24, 2.45) is 0 Å². The normalized spacial score (nSPS) is 27.4. The number of rotatable bonds is 3. The van der Waals surface area contributed by atoms with E-state index in [9.17, 15) is 4.79 Å². The van der Waals surface area contributed by atoms with E-state index in [0.29, 0.717) is 12.6 Å². The smallest absolute Gasteiger partial charge is 0.242 e. The number of carbonyl (C=O) groups is 1. The number of hydrogen-bond acceptors (Lipinski definition) is 3. The monoisotopic (exact) mass is 198 g/mol. The molecule has 2 fully saturated rings. The van der Waals surface area contributed by atoms with Crippen molar-refractivity contribution in [1.82, 2.24) is 10.2 Å². The molecule has 1 aliphatic carbocycles. The summed E-state index contributed by atoms with van der Waals surface area (Å²) in [6.07, 6.45) is 2.35. The van der Waals surface area contributed by atoms with Crippen LogP contribution in [-0.4, -0.2) is 49.2 Å². The van der Waals surface area contributed by atoms with E-state index in [0.717, 1.165) is 19.7 Å². The van der Waals surface area contributed by atoms with Gasteiger partial charge in [-0.3, -0.25) is 4.79 Å². The van der Waals surface area contributed by atoms with Crippen molar-refractivity contribution in [3.8, 4) is 0 Å². The first-order valence-electron chi connectivity index (χ1n) is 5.44. The summed E-state index contributed by atoms with van der Waals surface area (Å²) in [7, 11) is 0. The van der Waals surface area contributed by atoms with Crippen LogP contribution < -0.4 is 5.32 Å². The first-order valence-corrected chi connectivity index (χ1v) is 5.44. The van der Waals surface area contributed by atoms with E-state index in [1.165, 1.54) is 12.8 Å². The molecule has 1 aliphatic heterocycles. The Morgan fingerprint density at radius 2 is 2.36 bits per heavy atom. The molecule has 0 radical (unpaired) electrons. The summed E-state index contributed by atoms with van der Waals surface area (Å²) in [6, 6.07) is 0.403. The molecule has 1 saturated carbocycles. The molecular weight excluding hydrogens is 180 g/mol. The zero-order valence-corrected chi connectivity index (χ0v) is 8.66. The van der Waals surface area contributed by atoms with Gasteiger partial charge in [0.1, 0.15) is 6.04 Å².